The number of halogens is 9. The maximum atomic E-state index is 14.5. The Morgan fingerprint density at radius 3 is 2.29 bits per heavy atom. The summed E-state index contributed by atoms with van der Waals surface area (Å²) in [6.45, 7) is 0.704. The average molecular weight is 645 g/mol. The lowest BCUT2D eigenvalue weighted by Crippen LogP contribution is -2.60. The summed E-state index contributed by atoms with van der Waals surface area (Å²) in [6.07, 6.45) is -8.98. The van der Waals surface area contributed by atoms with Gasteiger partial charge in [0, 0.05) is 29.8 Å². The van der Waals surface area contributed by atoms with E-state index in [4.69, 9.17) is 0 Å². The van der Waals surface area contributed by atoms with Crippen LogP contribution < -0.4 is 5.32 Å². The summed E-state index contributed by atoms with van der Waals surface area (Å²) in [5, 5.41) is 15.4. The summed E-state index contributed by atoms with van der Waals surface area (Å²) in [5.41, 5.74) is -7.73. The van der Waals surface area contributed by atoms with Crippen molar-refractivity contribution in [3.8, 4) is 11.3 Å². The Balaban J connectivity index is 1.57. The first kappa shape index (κ1) is 31.7. The van der Waals surface area contributed by atoms with E-state index in [2.05, 4.69) is 15.3 Å². The number of aliphatic hydroxyl groups is 1. The first-order chi connectivity index (χ1) is 20.9. The van der Waals surface area contributed by atoms with E-state index in [1.807, 2.05) is 0 Å². The zero-order valence-corrected chi connectivity index (χ0v) is 22.8. The summed E-state index contributed by atoms with van der Waals surface area (Å²) in [5.74, 6) is -7.29. The average Bonchev–Trinajstić information content (AvgIpc) is 3.34. The van der Waals surface area contributed by atoms with Crippen molar-refractivity contribution in [1.82, 2.24) is 20.0 Å². The predicted molar refractivity (Wildman–Crippen MR) is 137 cm³/mol. The number of alkyl halides is 6. The molecule has 17 heteroatoms. The zero-order valence-electron chi connectivity index (χ0n) is 22.8. The van der Waals surface area contributed by atoms with Gasteiger partial charge in [-0.05, 0) is 44.0 Å². The van der Waals surface area contributed by atoms with Crippen LogP contribution in [-0.2, 0) is 28.5 Å². The van der Waals surface area contributed by atoms with Crippen LogP contribution in [0.15, 0.2) is 54.1 Å². The number of hydrogen-bond acceptors (Lipinski definition) is 6. The number of carbonyl (C=O) groups excluding carboxylic acids is 2. The first-order valence-electron chi connectivity index (χ1n) is 13.0. The molecule has 0 saturated carbocycles. The molecule has 0 bridgehead atoms. The van der Waals surface area contributed by atoms with E-state index in [1.54, 1.807) is 0 Å². The fraction of sp³-hybridized carbons (Fsp3) is 0.286. The highest BCUT2D eigenvalue weighted by Gasteiger charge is 2.53. The maximum absolute atomic E-state index is 14.5. The van der Waals surface area contributed by atoms with Gasteiger partial charge in [0.2, 0.25) is 0 Å². The van der Waals surface area contributed by atoms with Crippen LogP contribution in [0.4, 0.5) is 45.2 Å². The van der Waals surface area contributed by atoms with Gasteiger partial charge in [-0.15, -0.1) is 0 Å². The molecule has 8 nitrogen and oxygen atoms in total. The Labute approximate surface area is 247 Å². The molecule has 45 heavy (non-hydrogen) atoms. The molecule has 238 valence electrons. The van der Waals surface area contributed by atoms with Crippen molar-refractivity contribution in [2.45, 2.75) is 44.2 Å². The van der Waals surface area contributed by atoms with E-state index in [9.17, 15) is 54.2 Å². The number of hydrazine groups is 1. The highest BCUT2D eigenvalue weighted by Crippen LogP contribution is 2.43. The van der Waals surface area contributed by atoms with Gasteiger partial charge in [0.05, 0.1) is 29.0 Å². The molecule has 2 N–H and O–H groups in total. The molecule has 2 aromatic carbocycles. The van der Waals surface area contributed by atoms with Crippen LogP contribution >= 0.6 is 0 Å². The standard InChI is InChI=1S/C28H20F9N5O3/c1-26-5-2-6-42(26)41(11-16-17(30)8-14(29)9-18(16)31)25(45)22(23(26)43)24(44)40-19-4-3-13(27(32,33)34)7-15(19)20-10-21(28(35,36)37)39-12-38-20/h3-4,7-10,12,43H,2,5-6,11H2,1H3,(H,40,44). The molecular weight excluding hydrogens is 625 g/mol. The Hall–Kier alpha value is -4.67. The second-order valence-corrected chi connectivity index (χ2v) is 10.4. The topological polar surface area (TPSA) is 98.7 Å². The number of amides is 2. The number of nitrogens with zero attached hydrogens (tertiary/aromatic N) is 4. The molecule has 0 aliphatic carbocycles. The minimum Gasteiger partial charge on any atom is -0.509 e. The van der Waals surface area contributed by atoms with Gasteiger partial charge in [0.1, 0.15) is 40.8 Å². The first-order valence-corrected chi connectivity index (χ1v) is 13.0. The lowest BCUT2D eigenvalue weighted by Gasteiger charge is -2.46. The second-order valence-electron chi connectivity index (χ2n) is 10.4. The van der Waals surface area contributed by atoms with Gasteiger partial charge in [-0.1, -0.05) is 0 Å². The predicted octanol–water partition coefficient (Wildman–Crippen LogP) is 6.16. The molecule has 1 aromatic heterocycles. The Morgan fingerprint density at radius 1 is 1.00 bits per heavy atom. The van der Waals surface area contributed by atoms with Crippen molar-refractivity contribution >= 4 is 17.5 Å². The van der Waals surface area contributed by atoms with Crippen LogP contribution in [0.5, 0.6) is 0 Å². The van der Waals surface area contributed by atoms with Gasteiger partial charge < -0.3 is 10.4 Å². The number of carbonyl (C=O) groups is 2. The maximum Gasteiger partial charge on any atom is 0.433 e. The highest BCUT2D eigenvalue weighted by molar-refractivity contribution is 6.24. The number of fused-ring (bicyclic) bond motifs is 1. The smallest absolute Gasteiger partial charge is 0.433 e. The van der Waals surface area contributed by atoms with E-state index < -0.39 is 98.8 Å². The van der Waals surface area contributed by atoms with Crippen molar-refractivity contribution in [2.75, 3.05) is 11.9 Å². The molecule has 0 spiro atoms. The number of anilines is 1. The van der Waals surface area contributed by atoms with E-state index >= 15 is 0 Å². The number of aromatic nitrogens is 2. The highest BCUT2D eigenvalue weighted by atomic mass is 19.4. The molecule has 0 radical (unpaired) electrons. The van der Waals surface area contributed by atoms with E-state index in [-0.39, 0.29) is 13.0 Å². The lowest BCUT2D eigenvalue weighted by atomic mass is 9.90. The summed E-state index contributed by atoms with van der Waals surface area (Å²) in [7, 11) is 0. The normalized spacial score (nSPS) is 19.2. The summed E-state index contributed by atoms with van der Waals surface area (Å²) < 4.78 is 123. The van der Waals surface area contributed by atoms with Crippen LogP contribution in [-0.4, -0.2) is 49.0 Å². The van der Waals surface area contributed by atoms with E-state index in [0.717, 1.165) is 11.1 Å². The minimum atomic E-state index is -5.00. The number of aliphatic hydroxyl groups excluding tert-OH is 1. The second kappa shape index (κ2) is 11.0. The van der Waals surface area contributed by atoms with Gasteiger partial charge in [0.15, 0.2) is 0 Å². The van der Waals surface area contributed by atoms with Gasteiger partial charge in [-0.3, -0.25) is 14.6 Å². The Bertz CT molecular complexity index is 1720. The molecule has 2 aliphatic rings. The van der Waals surface area contributed by atoms with Gasteiger partial charge in [-0.25, -0.2) is 28.1 Å². The van der Waals surface area contributed by atoms with Gasteiger partial charge in [0.25, 0.3) is 11.8 Å². The lowest BCUT2D eigenvalue weighted by molar-refractivity contribution is -0.160. The monoisotopic (exact) mass is 645 g/mol. The molecule has 1 saturated heterocycles. The number of benzene rings is 2. The quantitative estimate of drug-likeness (QED) is 0.255. The number of hydrogen-bond donors (Lipinski definition) is 2. The van der Waals surface area contributed by atoms with Crippen molar-refractivity contribution in [3.05, 3.63) is 88.3 Å². The molecule has 5 rings (SSSR count). The van der Waals surface area contributed by atoms with E-state index in [1.165, 1.54) is 11.9 Å². The molecule has 1 atom stereocenters. The van der Waals surface area contributed by atoms with Crippen LogP contribution in [0, 0.1) is 17.5 Å². The van der Waals surface area contributed by atoms with Gasteiger partial charge in [-0.2, -0.15) is 26.3 Å². The van der Waals surface area contributed by atoms with Crippen molar-refractivity contribution in [3.63, 3.8) is 0 Å². The third kappa shape index (κ3) is 5.79. The van der Waals surface area contributed by atoms with Crippen LogP contribution in [0.1, 0.15) is 36.6 Å². The van der Waals surface area contributed by atoms with Crippen molar-refractivity contribution in [2.24, 2.45) is 0 Å². The largest absolute Gasteiger partial charge is 0.509 e. The Morgan fingerprint density at radius 2 is 1.67 bits per heavy atom. The molecule has 2 amide bonds. The Kier molecular flexibility index (Phi) is 7.79. The molecule has 2 aliphatic heterocycles. The summed E-state index contributed by atoms with van der Waals surface area (Å²) >= 11 is 0. The van der Waals surface area contributed by atoms with Crippen LogP contribution in [0.2, 0.25) is 0 Å². The molecule has 1 fully saturated rings. The third-order valence-corrected chi connectivity index (χ3v) is 7.56. The molecule has 3 heterocycles. The fourth-order valence-corrected chi connectivity index (χ4v) is 5.31. The third-order valence-electron chi connectivity index (χ3n) is 7.56. The minimum absolute atomic E-state index is 0.101. The van der Waals surface area contributed by atoms with Crippen molar-refractivity contribution < 1.29 is 54.2 Å². The van der Waals surface area contributed by atoms with Gasteiger partial charge >= 0.3 is 12.4 Å². The number of nitrogens with one attached hydrogen (secondary N) is 1. The molecule has 3 aromatic rings. The number of rotatable bonds is 5. The summed E-state index contributed by atoms with van der Waals surface area (Å²) in [6, 6.07) is 2.82. The van der Waals surface area contributed by atoms with Crippen LogP contribution in [0.25, 0.3) is 11.3 Å². The zero-order chi connectivity index (χ0) is 33.1. The molecule has 1 unspecified atom stereocenters. The van der Waals surface area contributed by atoms with E-state index in [0.29, 0.717) is 43.1 Å². The van der Waals surface area contributed by atoms with Crippen LogP contribution in [0.3, 0.4) is 0 Å². The summed E-state index contributed by atoms with van der Waals surface area (Å²) in [4.78, 5) is 33.9. The molecular formula is C28H20F9N5O3. The SMILES string of the molecule is CC12CCCN1N(Cc1c(F)cc(F)cc1F)C(=O)C(C(=O)Nc1ccc(C(F)(F)F)cc1-c1cc(C(F)(F)F)ncn1)=C2O. The fourth-order valence-electron chi connectivity index (χ4n) is 5.31. The van der Waals surface area contributed by atoms with Crippen molar-refractivity contribution in [1.29, 1.82) is 0 Å².